The molecule has 44 heavy (non-hydrogen) atoms. The van der Waals surface area contributed by atoms with Gasteiger partial charge in [0, 0.05) is 82.1 Å². The van der Waals surface area contributed by atoms with Crippen LogP contribution in [0.3, 0.4) is 0 Å². The predicted octanol–water partition coefficient (Wildman–Crippen LogP) is 6.34. The number of rotatable bonds is 7. The van der Waals surface area contributed by atoms with Gasteiger partial charge in [-0.1, -0.05) is 11.6 Å². The average molecular weight is 678 g/mol. The third-order valence-electron chi connectivity index (χ3n) is 5.89. The number of anilines is 1. The molecule has 2 radical (unpaired) electrons. The van der Waals surface area contributed by atoms with E-state index in [1.807, 2.05) is 0 Å². The molecule has 4 rings (SSSR count). The van der Waals surface area contributed by atoms with Crippen LogP contribution in [0, 0.1) is 13.8 Å². The molecule has 0 unspecified atom stereocenters. The average Bonchev–Trinajstić information content (AvgIpc) is 2.87. The van der Waals surface area contributed by atoms with Crippen LogP contribution >= 0.6 is 11.6 Å². The van der Waals surface area contributed by atoms with Crippen LogP contribution in [-0.2, 0) is 25.0 Å². The molecule has 0 aliphatic carbocycles. The van der Waals surface area contributed by atoms with Gasteiger partial charge >= 0.3 is 0 Å². The van der Waals surface area contributed by atoms with Gasteiger partial charge in [-0.05, 0) is 85.0 Å². The minimum Gasteiger partial charge on any atom is -0.505 e. The van der Waals surface area contributed by atoms with Gasteiger partial charge in [0.2, 0.25) is 5.91 Å². The Balaban J connectivity index is 0.00000337. The van der Waals surface area contributed by atoms with Gasteiger partial charge in [-0.3, -0.25) is 13.9 Å². The van der Waals surface area contributed by atoms with Crippen molar-refractivity contribution < 1.29 is 35.8 Å². The van der Waals surface area contributed by atoms with Gasteiger partial charge in [0.15, 0.2) is 5.75 Å². The third-order valence-corrected chi connectivity index (χ3v) is 7.87. The maximum atomic E-state index is 12.2. The Kier molecular flexibility index (Phi) is 12.8. The van der Waals surface area contributed by atoms with E-state index in [9.17, 15) is 35.8 Å². The van der Waals surface area contributed by atoms with Crippen molar-refractivity contribution in [2.24, 2.45) is 20.5 Å². The molecule has 4 aromatic carbocycles. The van der Waals surface area contributed by atoms with Gasteiger partial charge in [-0.25, -0.2) is 0 Å². The van der Waals surface area contributed by atoms with E-state index in [4.69, 9.17) is 11.6 Å². The summed E-state index contributed by atoms with van der Waals surface area (Å²) in [6, 6.07) is 12.3. The van der Waals surface area contributed by atoms with E-state index in [1.165, 1.54) is 37.3 Å². The number of aromatic hydroxyl groups is 1. The molecule has 4 N–H and O–H groups in total. The second-order valence-corrected chi connectivity index (χ2v) is 12.3. The number of amides is 1. The maximum Gasteiger partial charge on any atom is 0.296 e. The number of phenolic OH excluding ortho intramolecular Hbond substituents is 1. The maximum absolute atomic E-state index is 12.2. The molecular weight excluding hydrogens is 656 g/mol. The Morgan fingerprint density at radius 1 is 0.750 bits per heavy atom. The first-order chi connectivity index (χ1) is 19.5. The number of halogens is 1. The quantitative estimate of drug-likeness (QED) is 0.0983. The number of carbonyl (C=O) groups is 1. The number of hydrogen-bond donors (Lipinski definition) is 4. The fraction of sp³-hybridized carbons (Fsp3) is 0.115. The van der Waals surface area contributed by atoms with Crippen LogP contribution in [0.1, 0.15) is 18.1 Å². The molecular formula is C26H22ClN5Na2O8S2. The smallest absolute Gasteiger partial charge is 0.296 e. The summed E-state index contributed by atoms with van der Waals surface area (Å²) in [7, 11) is -9.48. The van der Waals surface area contributed by atoms with Crippen LogP contribution in [0.15, 0.2) is 84.8 Å². The third kappa shape index (κ3) is 8.92. The number of nitrogens with one attached hydrogen (secondary N) is 1. The largest absolute Gasteiger partial charge is 0.505 e. The second-order valence-electron chi connectivity index (χ2n) is 9.08. The van der Waals surface area contributed by atoms with Crippen LogP contribution in [0.2, 0.25) is 5.02 Å². The van der Waals surface area contributed by atoms with Gasteiger partial charge in [0.1, 0.15) is 21.2 Å². The zero-order valence-corrected chi connectivity index (χ0v) is 30.5. The zero-order valence-electron chi connectivity index (χ0n) is 24.1. The van der Waals surface area contributed by atoms with E-state index >= 15 is 0 Å². The summed E-state index contributed by atoms with van der Waals surface area (Å²) in [5.41, 5.74) is 1.30. The molecule has 18 heteroatoms. The minimum absolute atomic E-state index is 0. The molecule has 0 aromatic heterocycles. The first kappa shape index (κ1) is 37.9. The van der Waals surface area contributed by atoms with Gasteiger partial charge in [0.25, 0.3) is 20.2 Å². The standard InChI is InChI=1S/C26H22ClN5O8S2.2Na/c1-13-9-22(14(2)8-21(13)30-29-20-7-4-17(27)12-23(20)41(35,36)37)31-32-25-24(42(38,39)40)11-16-10-18(28-15(3)33)5-6-19(16)26(25)34;;/h4-12,34H,1-3H3,(H,28,33)(H,35,36,37)(H,38,39,40);;. The van der Waals surface area contributed by atoms with Crippen LogP contribution in [0.5, 0.6) is 5.75 Å². The molecule has 0 heterocycles. The van der Waals surface area contributed by atoms with E-state index in [0.29, 0.717) is 22.5 Å². The molecule has 0 spiro atoms. The Labute approximate surface area is 301 Å². The molecule has 0 bridgehead atoms. The summed E-state index contributed by atoms with van der Waals surface area (Å²) < 4.78 is 67.1. The van der Waals surface area contributed by atoms with Crippen molar-refractivity contribution in [2.45, 2.75) is 30.6 Å². The molecule has 0 aliphatic rings. The van der Waals surface area contributed by atoms with Crippen molar-refractivity contribution in [2.75, 3.05) is 5.32 Å². The fourth-order valence-corrected chi connectivity index (χ4v) is 5.46. The molecule has 0 saturated carbocycles. The molecule has 0 saturated heterocycles. The predicted molar refractivity (Wildman–Crippen MR) is 167 cm³/mol. The van der Waals surface area contributed by atoms with E-state index in [1.54, 1.807) is 26.0 Å². The molecule has 0 fully saturated rings. The van der Waals surface area contributed by atoms with E-state index < -0.39 is 41.5 Å². The fourth-order valence-electron chi connectivity index (χ4n) is 3.92. The molecule has 220 valence electrons. The summed E-state index contributed by atoms with van der Waals surface area (Å²) in [5, 5.41) is 29.9. The van der Waals surface area contributed by atoms with E-state index in [-0.39, 0.29) is 92.2 Å². The van der Waals surface area contributed by atoms with E-state index in [0.717, 1.165) is 12.1 Å². The SMILES string of the molecule is CC(=O)Nc1ccc2c(O)c(N=Nc3cc(C)c(N=Nc4ccc(Cl)cc4S(=O)(=O)O)cc3C)c(S(=O)(=O)O)cc2c1.[Na].[Na]. The van der Waals surface area contributed by atoms with Crippen LogP contribution in [0.4, 0.5) is 28.4 Å². The van der Waals surface area contributed by atoms with Crippen molar-refractivity contribution in [3.05, 3.63) is 70.7 Å². The molecule has 13 nitrogen and oxygen atoms in total. The minimum atomic E-state index is -4.86. The summed E-state index contributed by atoms with van der Waals surface area (Å²) >= 11 is 5.83. The normalized spacial score (nSPS) is 11.9. The van der Waals surface area contributed by atoms with Gasteiger partial charge in [-0.2, -0.15) is 27.1 Å². The first-order valence-corrected chi connectivity index (χ1v) is 15.1. The van der Waals surface area contributed by atoms with Gasteiger partial charge in [0.05, 0.1) is 11.4 Å². The van der Waals surface area contributed by atoms with Gasteiger partial charge in [-0.15, -0.1) is 10.2 Å². The Bertz CT molecular complexity index is 2060. The number of aryl methyl sites for hydroxylation is 2. The van der Waals surface area contributed by atoms with Crippen LogP contribution in [-0.4, -0.2) is 96.1 Å². The van der Waals surface area contributed by atoms with Crippen LogP contribution < -0.4 is 5.32 Å². The number of carbonyl (C=O) groups excluding carboxylic acids is 1. The molecule has 0 atom stereocenters. The zero-order chi connectivity index (χ0) is 31.0. The van der Waals surface area contributed by atoms with Crippen molar-refractivity contribution in [1.82, 2.24) is 0 Å². The van der Waals surface area contributed by atoms with Crippen molar-refractivity contribution in [1.29, 1.82) is 0 Å². The monoisotopic (exact) mass is 677 g/mol. The number of benzene rings is 4. The van der Waals surface area contributed by atoms with Crippen LogP contribution in [0.25, 0.3) is 10.8 Å². The topological polar surface area (TPSA) is 208 Å². The Morgan fingerprint density at radius 3 is 1.84 bits per heavy atom. The van der Waals surface area contributed by atoms with Crippen molar-refractivity contribution >= 4 is 136 Å². The van der Waals surface area contributed by atoms with E-state index in [2.05, 4.69) is 25.8 Å². The Morgan fingerprint density at radius 2 is 1.30 bits per heavy atom. The van der Waals surface area contributed by atoms with Gasteiger partial charge < -0.3 is 10.4 Å². The number of nitrogens with zero attached hydrogens (tertiary/aromatic N) is 4. The summed E-state index contributed by atoms with van der Waals surface area (Å²) in [5.74, 6) is -0.916. The molecule has 0 aliphatic heterocycles. The second kappa shape index (κ2) is 14.9. The molecule has 4 aromatic rings. The summed E-state index contributed by atoms with van der Waals surface area (Å²) in [6.07, 6.45) is 0. The Hall–Kier alpha value is -2.28. The number of hydrogen-bond acceptors (Lipinski definition) is 10. The number of azo groups is 2. The summed E-state index contributed by atoms with van der Waals surface area (Å²) in [6.45, 7) is 4.60. The number of phenols is 1. The number of fused-ring (bicyclic) bond motifs is 1. The van der Waals surface area contributed by atoms with Crippen molar-refractivity contribution in [3.8, 4) is 5.75 Å². The molecule has 1 amide bonds. The van der Waals surface area contributed by atoms with Crippen molar-refractivity contribution in [3.63, 3.8) is 0 Å². The first-order valence-electron chi connectivity index (χ1n) is 11.8. The summed E-state index contributed by atoms with van der Waals surface area (Å²) in [4.78, 5) is 10.2.